The summed E-state index contributed by atoms with van der Waals surface area (Å²) < 4.78 is 34.1. The van der Waals surface area contributed by atoms with E-state index in [1.165, 1.54) is 0 Å². The first-order valence-electron chi connectivity index (χ1n) is 18.2. The third-order valence-corrected chi connectivity index (χ3v) is 6.10. The molecule has 0 aliphatic heterocycles. The molecule has 6 rings (SSSR count). The van der Waals surface area contributed by atoms with E-state index in [1.54, 1.807) is 24.8 Å². The quantitative estimate of drug-likeness (QED) is 0.0715. The van der Waals surface area contributed by atoms with Crippen LogP contribution in [0.4, 0.5) is 0 Å². The van der Waals surface area contributed by atoms with Gasteiger partial charge in [0.2, 0.25) is 0 Å². The van der Waals surface area contributed by atoms with E-state index in [-0.39, 0.29) is 16.5 Å². The normalized spacial score (nSPS) is 9.41. The maximum absolute atomic E-state index is 8.52. The van der Waals surface area contributed by atoms with Crippen LogP contribution in [0.5, 0.6) is 0 Å². The first-order valence-corrected chi connectivity index (χ1v) is 19.6. The molecule has 14 nitrogen and oxygen atoms in total. The maximum atomic E-state index is 8.52. The average Bonchev–Trinajstić information content (AvgIpc) is 3.27. The molecule has 0 amide bonds. The Bertz CT molecular complexity index is 1660. The van der Waals surface area contributed by atoms with Gasteiger partial charge < -0.3 is 29.5 Å². The van der Waals surface area contributed by atoms with Gasteiger partial charge in [-0.2, -0.15) is 0 Å². The summed E-state index contributed by atoms with van der Waals surface area (Å²) >= 11 is 0. The summed E-state index contributed by atoms with van der Waals surface area (Å²) in [6.45, 7) is 9.00. The molecule has 0 atom stereocenters. The fourth-order valence-electron chi connectivity index (χ4n) is 3.50. The second-order valence-electron chi connectivity index (χ2n) is 11.0. The molecule has 0 spiro atoms. The summed E-state index contributed by atoms with van der Waals surface area (Å²) in [5.41, 5.74) is 6.92. The van der Waals surface area contributed by atoms with Crippen molar-refractivity contribution in [3.05, 3.63) is 134 Å². The summed E-state index contributed by atoms with van der Waals surface area (Å²) in [6, 6.07) is 35.0. The van der Waals surface area contributed by atoms with Crippen LogP contribution in [0.2, 0.25) is 0 Å². The Labute approximate surface area is 352 Å². The van der Waals surface area contributed by atoms with Crippen LogP contribution < -0.4 is 0 Å². The summed E-state index contributed by atoms with van der Waals surface area (Å²) in [6.07, 6.45) is 10.6. The van der Waals surface area contributed by atoms with Gasteiger partial charge >= 0.3 is 16.5 Å². The predicted molar refractivity (Wildman–Crippen MR) is 221 cm³/mol. The predicted octanol–water partition coefficient (Wildman–Crippen LogP) is 6.63. The number of rotatable bonds is 8. The molecule has 0 fully saturated rings. The number of nitrogens with zero attached hydrogens (tertiary/aromatic N) is 6. The second-order valence-corrected chi connectivity index (χ2v) is 11.8. The molecule has 0 bridgehead atoms. The van der Waals surface area contributed by atoms with Crippen LogP contribution in [0.25, 0.3) is 45.6 Å². The summed E-state index contributed by atoms with van der Waals surface area (Å²) in [5.74, 6) is 0. The first kappa shape index (κ1) is 55.2. The van der Waals surface area contributed by atoms with Crippen LogP contribution in [0, 0.1) is 0 Å². The number of aliphatic hydroxyl groups is 4. The van der Waals surface area contributed by atoms with E-state index < -0.39 is 10.4 Å². The molecule has 6 heterocycles. The van der Waals surface area contributed by atoms with Crippen molar-refractivity contribution < 1.29 is 54.4 Å². The Balaban J connectivity index is 0. The zero-order chi connectivity index (χ0) is 42.6. The smallest absolute Gasteiger partial charge is 0.759 e. The average molecular weight is 862 g/mol. The Kier molecular flexibility index (Phi) is 34.7. The minimum absolute atomic E-state index is 0. The van der Waals surface area contributed by atoms with Gasteiger partial charge in [0.15, 0.2) is 0 Å². The molecule has 0 saturated heterocycles. The topological polar surface area (TPSA) is 239 Å². The molecule has 4 N–H and O–H groups in total. The van der Waals surface area contributed by atoms with Crippen molar-refractivity contribution in [1.82, 2.24) is 29.9 Å². The zero-order valence-electron chi connectivity index (χ0n) is 33.2. The molecule has 0 saturated carbocycles. The molecule has 58 heavy (non-hydrogen) atoms. The van der Waals surface area contributed by atoms with E-state index in [4.69, 9.17) is 37.9 Å². The first-order chi connectivity index (χ1) is 27.5. The van der Waals surface area contributed by atoms with Crippen LogP contribution in [-0.2, 0) is 26.9 Å². The minimum atomic E-state index is -5.17. The van der Waals surface area contributed by atoms with Crippen LogP contribution in [0.1, 0.15) is 53.4 Å². The third-order valence-electron chi connectivity index (χ3n) is 6.10. The van der Waals surface area contributed by atoms with E-state index in [0.29, 0.717) is 26.4 Å². The van der Waals surface area contributed by atoms with Gasteiger partial charge in [0.25, 0.3) is 0 Å². The van der Waals surface area contributed by atoms with Gasteiger partial charge in [-0.15, -0.1) is 0 Å². The Morgan fingerprint density at radius 1 is 0.397 bits per heavy atom. The third kappa shape index (κ3) is 28.5. The van der Waals surface area contributed by atoms with E-state index in [2.05, 4.69) is 29.9 Å². The summed E-state index contributed by atoms with van der Waals surface area (Å²) in [7, 11) is -5.17. The largest absolute Gasteiger partial charge is 2.00 e. The van der Waals surface area contributed by atoms with E-state index in [0.717, 1.165) is 71.2 Å². The summed E-state index contributed by atoms with van der Waals surface area (Å²) in [5, 5.41) is 31.5. The summed E-state index contributed by atoms with van der Waals surface area (Å²) in [4.78, 5) is 26.4. The van der Waals surface area contributed by atoms with Crippen LogP contribution in [0.3, 0.4) is 0 Å². The van der Waals surface area contributed by atoms with Gasteiger partial charge in [0.1, 0.15) is 0 Å². The van der Waals surface area contributed by atoms with E-state index in [1.807, 2.05) is 137 Å². The van der Waals surface area contributed by atoms with E-state index in [9.17, 15) is 0 Å². The molecule has 316 valence electrons. The Morgan fingerprint density at radius 3 is 0.707 bits per heavy atom. The molecule has 0 aromatic carbocycles. The fraction of sp³-hybridized carbons (Fsp3) is 0.286. The second kappa shape index (κ2) is 36.4. The molecule has 0 radical (unpaired) electrons. The van der Waals surface area contributed by atoms with Crippen molar-refractivity contribution in [2.75, 3.05) is 26.4 Å². The number of pyridine rings is 6. The molecular formula is C42H54N6NiO8S. The number of hydrogen-bond donors (Lipinski definition) is 4. The number of hydrogen-bond acceptors (Lipinski definition) is 14. The Morgan fingerprint density at radius 2 is 0.569 bits per heavy atom. The SMILES string of the molecule is CCCO.CCCO.CCCO.CCCO.O=S(=O)([O-])[O-].[Ni+2].c1ccc(-c2cccc(-c3ccccn3)n2)nc1.c1ccc(-c2cccc(-c3ccccn3)n2)nc1. The maximum Gasteiger partial charge on any atom is 2.00 e. The van der Waals surface area contributed by atoms with Gasteiger partial charge in [-0.3, -0.25) is 28.4 Å². The van der Waals surface area contributed by atoms with Crippen molar-refractivity contribution in [2.45, 2.75) is 53.4 Å². The molecule has 6 aromatic rings. The molecular weight excluding hydrogens is 807 g/mol. The van der Waals surface area contributed by atoms with Crippen molar-refractivity contribution >= 4 is 10.4 Å². The minimum Gasteiger partial charge on any atom is -0.759 e. The molecule has 0 unspecified atom stereocenters. The van der Waals surface area contributed by atoms with Gasteiger partial charge in [0, 0.05) is 61.6 Å². The van der Waals surface area contributed by atoms with E-state index >= 15 is 0 Å². The molecule has 0 aliphatic carbocycles. The number of aromatic nitrogens is 6. The van der Waals surface area contributed by atoms with Gasteiger partial charge in [0.05, 0.1) is 45.6 Å². The van der Waals surface area contributed by atoms with Crippen LogP contribution >= 0.6 is 0 Å². The zero-order valence-corrected chi connectivity index (χ0v) is 35.0. The van der Waals surface area contributed by atoms with Crippen molar-refractivity contribution in [3.8, 4) is 45.6 Å². The van der Waals surface area contributed by atoms with Gasteiger partial charge in [-0.25, -0.2) is 9.97 Å². The standard InChI is InChI=1S/2C15H11N3.4C3H8O.Ni.H2O4S/c2*1-3-10-16-12(6-1)14-8-5-9-15(18-14)13-7-2-4-11-17-13;4*1-2-3-4;;1-5(2,3)4/h2*1-11H;4*4H,2-3H2,1H3;;(H2,1,2,3,4)/q;;;;;;+2;/p-2. The number of aliphatic hydroxyl groups excluding tert-OH is 4. The Hall–Kier alpha value is -4.90. The fourth-order valence-corrected chi connectivity index (χ4v) is 3.50. The van der Waals surface area contributed by atoms with Crippen molar-refractivity contribution in [2.24, 2.45) is 0 Å². The van der Waals surface area contributed by atoms with Gasteiger partial charge in [-0.1, -0.05) is 64.1 Å². The monoisotopic (exact) mass is 860 g/mol. The molecule has 6 aromatic heterocycles. The molecule has 16 heteroatoms. The molecule has 0 aliphatic rings. The van der Waals surface area contributed by atoms with Crippen molar-refractivity contribution in [1.29, 1.82) is 0 Å². The van der Waals surface area contributed by atoms with Gasteiger partial charge in [-0.05, 0) is 98.5 Å². The van der Waals surface area contributed by atoms with Crippen LogP contribution in [0.15, 0.2) is 134 Å². The van der Waals surface area contributed by atoms with Crippen LogP contribution in [-0.4, -0.2) is 94.3 Å². The van der Waals surface area contributed by atoms with Crippen molar-refractivity contribution in [3.63, 3.8) is 0 Å².